The minimum atomic E-state index is -0.0696. The fourth-order valence-corrected chi connectivity index (χ4v) is 4.96. The zero-order chi connectivity index (χ0) is 25.1. The van der Waals surface area contributed by atoms with Gasteiger partial charge in [0.2, 0.25) is 0 Å². The van der Waals surface area contributed by atoms with Gasteiger partial charge < -0.3 is 4.90 Å². The van der Waals surface area contributed by atoms with Crippen LogP contribution in [0.1, 0.15) is 47.7 Å². The van der Waals surface area contributed by atoms with E-state index in [0.717, 1.165) is 41.6 Å². The molecule has 0 saturated carbocycles. The number of aryl methyl sites for hydroxylation is 1. The summed E-state index contributed by atoms with van der Waals surface area (Å²) in [5, 5.41) is 0.674. The Balaban J connectivity index is 1.38. The molecule has 184 valence electrons. The largest absolute Gasteiger partial charge is 0.334 e. The first-order valence-corrected chi connectivity index (χ1v) is 13.0. The van der Waals surface area contributed by atoms with Crippen LogP contribution in [0.2, 0.25) is 5.02 Å². The number of imidazole rings is 1. The van der Waals surface area contributed by atoms with Crippen LogP contribution in [0.4, 0.5) is 0 Å². The summed E-state index contributed by atoms with van der Waals surface area (Å²) in [6.07, 6.45) is 5.99. The number of hydrogen-bond donors (Lipinski definition) is 0. The average molecular weight is 500 g/mol. The van der Waals surface area contributed by atoms with E-state index in [-0.39, 0.29) is 11.6 Å². The maximum atomic E-state index is 13.6. The molecule has 0 aliphatic carbocycles. The molecule has 0 unspecified atom stereocenters. The molecular weight excluding hydrogens is 470 g/mol. The summed E-state index contributed by atoms with van der Waals surface area (Å²) >= 11 is 6.04. The highest BCUT2D eigenvalue weighted by Crippen LogP contribution is 2.23. The van der Waals surface area contributed by atoms with E-state index in [0.29, 0.717) is 36.6 Å². The fraction of sp³-hybridized carbons (Fsp3) is 0.267. The molecule has 1 aliphatic rings. The number of carbonyl (C=O) groups excluding carboxylic acids is 1. The first-order chi connectivity index (χ1) is 17.5. The van der Waals surface area contributed by atoms with Crippen molar-refractivity contribution < 1.29 is 4.79 Å². The molecule has 0 spiro atoms. The van der Waals surface area contributed by atoms with Crippen LogP contribution >= 0.6 is 11.6 Å². The Morgan fingerprint density at radius 3 is 2.28 bits per heavy atom. The molecule has 1 aliphatic heterocycles. The molecule has 0 N–H and O–H groups in total. The van der Waals surface area contributed by atoms with Crippen molar-refractivity contribution in [2.24, 2.45) is 0 Å². The van der Waals surface area contributed by atoms with Gasteiger partial charge in [-0.05, 0) is 66.4 Å². The molecule has 0 radical (unpaired) electrons. The second kappa shape index (κ2) is 10.6. The van der Waals surface area contributed by atoms with E-state index in [1.165, 1.54) is 5.56 Å². The van der Waals surface area contributed by atoms with Crippen molar-refractivity contribution in [2.75, 3.05) is 13.1 Å². The number of halogens is 1. The number of nitrogens with zero attached hydrogens (tertiary/aromatic N) is 3. The van der Waals surface area contributed by atoms with Crippen molar-refractivity contribution in [1.82, 2.24) is 14.0 Å². The highest BCUT2D eigenvalue weighted by molar-refractivity contribution is 6.30. The Labute approximate surface area is 216 Å². The van der Waals surface area contributed by atoms with Gasteiger partial charge in [-0.25, -0.2) is 4.79 Å². The molecule has 4 aromatic rings. The normalized spacial score (nSPS) is 13.7. The molecule has 5 rings (SSSR count). The molecule has 0 fully saturated rings. The summed E-state index contributed by atoms with van der Waals surface area (Å²) in [4.78, 5) is 28.5. The lowest BCUT2D eigenvalue weighted by atomic mass is 10.1. The van der Waals surface area contributed by atoms with Gasteiger partial charge in [-0.3, -0.25) is 13.9 Å². The first kappa shape index (κ1) is 24.1. The summed E-state index contributed by atoms with van der Waals surface area (Å²) in [5.74, 6) is 0.0323. The van der Waals surface area contributed by atoms with Gasteiger partial charge in [0.25, 0.3) is 5.91 Å². The summed E-state index contributed by atoms with van der Waals surface area (Å²) in [7, 11) is 0. The van der Waals surface area contributed by atoms with Crippen LogP contribution < -0.4 is 5.69 Å². The molecule has 2 heterocycles. The maximum absolute atomic E-state index is 13.6. The van der Waals surface area contributed by atoms with Crippen LogP contribution in [0.15, 0.2) is 83.7 Å². The fourth-order valence-electron chi connectivity index (χ4n) is 4.83. The van der Waals surface area contributed by atoms with Crippen LogP contribution in [0.25, 0.3) is 16.7 Å². The van der Waals surface area contributed by atoms with Gasteiger partial charge in [-0.15, -0.1) is 0 Å². The summed E-state index contributed by atoms with van der Waals surface area (Å²) in [6, 6.07) is 23.4. The minimum Gasteiger partial charge on any atom is -0.334 e. The van der Waals surface area contributed by atoms with Crippen LogP contribution in [-0.4, -0.2) is 33.0 Å². The smallest absolute Gasteiger partial charge is 0.333 e. The molecule has 1 amide bonds. The van der Waals surface area contributed by atoms with E-state index >= 15 is 0 Å². The number of rotatable bonds is 7. The van der Waals surface area contributed by atoms with E-state index in [9.17, 15) is 9.59 Å². The molecule has 1 aromatic heterocycles. The number of para-hydroxylation sites is 2. The number of benzene rings is 3. The maximum Gasteiger partial charge on any atom is 0.333 e. The number of fused-ring (bicyclic) bond motifs is 1. The SMILES string of the molecule is CCCCc1ccc(C(=O)N2CC=C(n3c(=O)n(Cc4ccc(Cl)cc4)c4ccccc43)CC2)cc1. The molecule has 0 atom stereocenters. The zero-order valence-electron chi connectivity index (χ0n) is 20.5. The van der Waals surface area contributed by atoms with Gasteiger partial charge in [-0.1, -0.05) is 61.3 Å². The predicted octanol–water partition coefficient (Wildman–Crippen LogP) is 6.23. The average Bonchev–Trinajstić information content (AvgIpc) is 3.19. The molecule has 0 bridgehead atoms. The lowest BCUT2D eigenvalue weighted by Crippen LogP contribution is -2.36. The quantitative estimate of drug-likeness (QED) is 0.302. The number of hydrogen-bond acceptors (Lipinski definition) is 2. The Bertz CT molecular complexity index is 1460. The van der Waals surface area contributed by atoms with E-state index in [1.54, 1.807) is 9.13 Å². The third kappa shape index (κ3) is 4.89. The van der Waals surface area contributed by atoms with Gasteiger partial charge in [0.05, 0.1) is 17.6 Å². The van der Waals surface area contributed by atoms with Crippen molar-refractivity contribution in [3.05, 3.63) is 111 Å². The monoisotopic (exact) mass is 499 g/mol. The Morgan fingerprint density at radius 1 is 0.917 bits per heavy atom. The Kier molecular flexibility index (Phi) is 7.10. The van der Waals surface area contributed by atoms with Crippen molar-refractivity contribution in [1.29, 1.82) is 0 Å². The third-order valence-electron chi connectivity index (χ3n) is 6.87. The highest BCUT2D eigenvalue weighted by Gasteiger charge is 2.22. The Morgan fingerprint density at radius 2 is 1.61 bits per heavy atom. The number of aromatic nitrogens is 2. The molecule has 3 aromatic carbocycles. The van der Waals surface area contributed by atoms with Crippen LogP contribution in [0.5, 0.6) is 0 Å². The second-order valence-corrected chi connectivity index (χ2v) is 9.75. The predicted molar refractivity (Wildman–Crippen MR) is 147 cm³/mol. The summed E-state index contributed by atoms with van der Waals surface area (Å²) in [6.45, 7) is 3.71. The van der Waals surface area contributed by atoms with Crippen LogP contribution in [0, 0.1) is 0 Å². The van der Waals surface area contributed by atoms with E-state index in [4.69, 9.17) is 11.6 Å². The number of unbranched alkanes of at least 4 members (excludes halogenated alkanes) is 1. The highest BCUT2D eigenvalue weighted by atomic mass is 35.5. The minimum absolute atomic E-state index is 0.0323. The standard InChI is InChI=1S/C30H30ClN3O2/c1-2-3-6-22-9-13-24(14-10-22)29(35)32-19-17-26(18-20-32)34-28-8-5-4-7-27(28)33(30(34)36)21-23-11-15-25(31)16-12-23/h4-5,7-17H,2-3,6,18-21H2,1H3. The van der Waals surface area contributed by atoms with Crippen LogP contribution in [0.3, 0.4) is 0 Å². The van der Waals surface area contributed by atoms with Crippen molar-refractivity contribution >= 4 is 34.2 Å². The summed E-state index contributed by atoms with van der Waals surface area (Å²) in [5.41, 5.74) is 5.63. The zero-order valence-corrected chi connectivity index (χ0v) is 21.2. The third-order valence-corrected chi connectivity index (χ3v) is 7.12. The summed E-state index contributed by atoms with van der Waals surface area (Å²) < 4.78 is 3.60. The molecule has 6 heteroatoms. The van der Waals surface area contributed by atoms with Gasteiger partial charge in [0.15, 0.2) is 0 Å². The second-order valence-electron chi connectivity index (χ2n) is 9.32. The molecule has 36 heavy (non-hydrogen) atoms. The van der Waals surface area contributed by atoms with Crippen molar-refractivity contribution in [2.45, 2.75) is 39.2 Å². The van der Waals surface area contributed by atoms with E-state index in [1.807, 2.05) is 71.6 Å². The van der Waals surface area contributed by atoms with Crippen molar-refractivity contribution in [3.63, 3.8) is 0 Å². The van der Waals surface area contributed by atoms with Crippen molar-refractivity contribution in [3.8, 4) is 0 Å². The first-order valence-electron chi connectivity index (χ1n) is 12.6. The molecule has 5 nitrogen and oxygen atoms in total. The van der Waals surface area contributed by atoms with Gasteiger partial charge in [0.1, 0.15) is 0 Å². The molecule has 0 saturated heterocycles. The van der Waals surface area contributed by atoms with Gasteiger partial charge in [-0.2, -0.15) is 0 Å². The lowest BCUT2D eigenvalue weighted by molar-refractivity contribution is 0.0772. The number of carbonyl (C=O) groups is 1. The Hall–Kier alpha value is -3.57. The van der Waals surface area contributed by atoms with Gasteiger partial charge >= 0.3 is 5.69 Å². The molecular formula is C30H30ClN3O2. The van der Waals surface area contributed by atoms with E-state index < -0.39 is 0 Å². The lowest BCUT2D eigenvalue weighted by Gasteiger charge is -2.27. The van der Waals surface area contributed by atoms with Gasteiger partial charge in [0, 0.05) is 35.8 Å². The topological polar surface area (TPSA) is 47.2 Å². The van der Waals surface area contributed by atoms with E-state index in [2.05, 4.69) is 19.1 Å². The van der Waals surface area contributed by atoms with Crippen LogP contribution in [-0.2, 0) is 13.0 Å². The number of amides is 1.